The SMILES string of the molecule is Cc1cc(C)c(NC(=O)CN2CCC[C@H](C(=O)Nc3ccccc3)C2)c(C)c1. The third-order valence-corrected chi connectivity index (χ3v) is 5.23. The molecule has 1 aliphatic rings. The fraction of sp³-hybridized carbons (Fsp3) is 0.391. The number of piperidine rings is 1. The van der Waals surface area contributed by atoms with E-state index in [0.29, 0.717) is 13.1 Å². The van der Waals surface area contributed by atoms with E-state index < -0.39 is 0 Å². The number of rotatable bonds is 5. The van der Waals surface area contributed by atoms with Gasteiger partial charge in [0.2, 0.25) is 11.8 Å². The zero-order valence-electron chi connectivity index (χ0n) is 16.9. The Hall–Kier alpha value is -2.66. The van der Waals surface area contributed by atoms with E-state index in [1.165, 1.54) is 5.56 Å². The average molecular weight is 380 g/mol. The van der Waals surface area contributed by atoms with E-state index in [2.05, 4.69) is 34.6 Å². The predicted molar refractivity (Wildman–Crippen MR) is 114 cm³/mol. The van der Waals surface area contributed by atoms with Gasteiger partial charge >= 0.3 is 0 Å². The van der Waals surface area contributed by atoms with Crippen LogP contribution in [0, 0.1) is 26.7 Å². The van der Waals surface area contributed by atoms with Crippen molar-refractivity contribution in [3.8, 4) is 0 Å². The molecule has 0 bridgehead atoms. The lowest BCUT2D eigenvalue weighted by molar-refractivity contribution is -0.123. The Balaban J connectivity index is 1.56. The highest BCUT2D eigenvalue weighted by Gasteiger charge is 2.27. The second kappa shape index (κ2) is 9.02. The summed E-state index contributed by atoms with van der Waals surface area (Å²) in [6.07, 6.45) is 1.77. The van der Waals surface area contributed by atoms with Gasteiger partial charge in [-0.2, -0.15) is 0 Å². The van der Waals surface area contributed by atoms with Gasteiger partial charge < -0.3 is 10.6 Å². The number of carbonyl (C=O) groups is 2. The molecule has 0 aliphatic carbocycles. The molecule has 5 nitrogen and oxygen atoms in total. The lowest BCUT2D eigenvalue weighted by atomic mass is 9.97. The summed E-state index contributed by atoms with van der Waals surface area (Å²) in [5.41, 5.74) is 5.05. The van der Waals surface area contributed by atoms with Crippen LogP contribution in [0.2, 0.25) is 0 Å². The molecule has 0 unspecified atom stereocenters. The van der Waals surface area contributed by atoms with Gasteiger partial charge in [-0.05, 0) is 63.4 Å². The molecule has 2 aromatic carbocycles. The minimum absolute atomic E-state index is 0.0285. The van der Waals surface area contributed by atoms with Crippen molar-refractivity contribution in [2.75, 3.05) is 30.3 Å². The number of hydrogen-bond acceptors (Lipinski definition) is 3. The molecule has 2 N–H and O–H groups in total. The average Bonchev–Trinajstić information content (AvgIpc) is 2.65. The van der Waals surface area contributed by atoms with E-state index >= 15 is 0 Å². The van der Waals surface area contributed by atoms with E-state index in [4.69, 9.17) is 0 Å². The Bertz CT molecular complexity index is 825. The monoisotopic (exact) mass is 379 g/mol. The van der Waals surface area contributed by atoms with Crippen molar-refractivity contribution in [2.45, 2.75) is 33.6 Å². The molecule has 0 radical (unpaired) electrons. The molecule has 5 heteroatoms. The maximum absolute atomic E-state index is 12.6. The highest BCUT2D eigenvalue weighted by atomic mass is 16.2. The van der Waals surface area contributed by atoms with Crippen LogP contribution in [0.15, 0.2) is 42.5 Å². The number of hydrogen-bond donors (Lipinski definition) is 2. The van der Waals surface area contributed by atoms with Crippen LogP contribution in [-0.2, 0) is 9.59 Å². The topological polar surface area (TPSA) is 61.4 Å². The van der Waals surface area contributed by atoms with Crippen molar-refractivity contribution in [1.82, 2.24) is 4.90 Å². The number of likely N-dealkylation sites (tertiary alicyclic amines) is 1. The quantitative estimate of drug-likeness (QED) is 0.828. The smallest absolute Gasteiger partial charge is 0.238 e. The molecule has 0 saturated carbocycles. The molecule has 1 saturated heterocycles. The standard InChI is InChI=1S/C23H29N3O2/c1-16-12-17(2)22(18(3)13-16)25-21(27)15-26-11-7-8-19(14-26)23(28)24-20-9-5-4-6-10-20/h4-6,9-10,12-13,19H,7-8,11,14-15H2,1-3H3,(H,24,28)(H,25,27)/t19-/m0/s1. The Morgan fingerprint density at radius 3 is 2.39 bits per heavy atom. The van der Waals surface area contributed by atoms with E-state index in [9.17, 15) is 9.59 Å². The van der Waals surface area contributed by atoms with Crippen LogP contribution in [0.25, 0.3) is 0 Å². The first kappa shape index (κ1) is 20.1. The zero-order chi connectivity index (χ0) is 20.1. The number of benzene rings is 2. The number of carbonyl (C=O) groups excluding carboxylic acids is 2. The number of anilines is 2. The minimum Gasteiger partial charge on any atom is -0.326 e. The Kier molecular flexibility index (Phi) is 6.47. The molecular formula is C23H29N3O2. The molecule has 148 valence electrons. The number of amides is 2. The van der Waals surface area contributed by atoms with Crippen LogP contribution in [-0.4, -0.2) is 36.3 Å². The Labute approximate surface area is 167 Å². The van der Waals surface area contributed by atoms with Gasteiger partial charge in [-0.25, -0.2) is 0 Å². The molecule has 28 heavy (non-hydrogen) atoms. The van der Waals surface area contributed by atoms with Crippen molar-refractivity contribution in [3.05, 3.63) is 59.2 Å². The van der Waals surface area contributed by atoms with E-state index in [1.54, 1.807) is 0 Å². The van der Waals surface area contributed by atoms with Crippen LogP contribution in [0.1, 0.15) is 29.5 Å². The third-order valence-electron chi connectivity index (χ3n) is 5.23. The summed E-state index contributed by atoms with van der Waals surface area (Å²) in [6, 6.07) is 13.7. The molecule has 1 fully saturated rings. The largest absolute Gasteiger partial charge is 0.326 e. The summed E-state index contributed by atoms with van der Waals surface area (Å²) in [5.74, 6) is -0.0923. The summed E-state index contributed by atoms with van der Waals surface area (Å²) in [6.45, 7) is 7.84. The van der Waals surface area contributed by atoms with Gasteiger partial charge in [-0.3, -0.25) is 14.5 Å². The molecule has 3 rings (SSSR count). The maximum atomic E-state index is 12.6. The first-order valence-electron chi connectivity index (χ1n) is 9.88. The number of aryl methyl sites for hydroxylation is 3. The molecular weight excluding hydrogens is 350 g/mol. The summed E-state index contributed by atoms with van der Waals surface area (Å²) >= 11 is 0. The van der Waals surface area contributed by atoms with Crippen molar-refractivity contribution in [3.63, 3.8) is 0 Å². The second-order valence-corrected chi connectivity index (χ2v) is 7.75. The predicted octanol–water partition coefficient (Wildman–Crippen LogP) is 3.90. The van der Waals surface area contributed by atoms with Gasteiger partial charge in [0.15, 0.2) is 0 Å². The Morgan fingerprint density at radius 1 is 1.04 bits per heavy atom. The normalized spacial score (nSPS) is 17.2. The molecule has 1 aliphatic heterocycles. The summed E-state index contributed by atoms with van der Waals surface area (Å²) < 4.78 is 0. The fourth-order valence-electron chi connectivity index (χ4n) is 3.94. The van der Waals surface area contributed by atoms with Gasteiger partial charge in [-0.1, -0.05) is 35.9 Å². The van der Waals surface area contributed by atoms with E-state index in [0.717, 1.165) is 41.9 Å². The van der Waals surface area contributed by atoms with Crippen LogP contribution >= 0.6 is 0 Å². The lowest BCUT2D eigenvalue weighted by Crippen LogP contribution is -2.44. The van der Waals surface area contributed by atoms with Crippen molar-refractivity contribution < 1.29 is 9.59 Å². The maximum Gasteiger partial charge on any atom is 0.238 e. The van der Waals surface area contributed by atoms with Gasteiger partial charge in [0, 0.05) is 17.9 Å². The zero-order valence-corrected chi connectivity index (χ0v) is 16.9. The molecule has 0 aromatic heterocycles. The lowest BCUT2D eigenvalue weighted by Gasteiger charge is -2.31. The van der Waals surface area contributed by atoms with E-state index in [-0.39, 0.29) is 17.7 Å². The molecule has 1 heterocycles. The highest BCUT2D eigenvalue weighted by molar-refractivity contribution is 5.94. The van der Waals surface area contributed by atoms with Gasteiger partial charge in [0.1, 0.15) is 0 Å². The third kappa shape index (κ3) is 5.20. The highest BCUT2D eigenvalue weighted by Crippen LogP contribution is 2.23. The number of nitrogens with one attached hydrogen (secondary N) is 2. The first-order valence-corrected chi connectivity index (χ1v) is 9.88. The van der Waals surface area contributed by atoms with Gasteiger partial charge in [-0.15, -0.1) is 0 Å². The van der Waals surface area contributed by atoms with Gasteiger partial charge in [0.25, 0.3) is 0 Å². The summed E-state index contributed by atoms with van der Waals surface area (Å²) in [4.78, 5) is 27.2. The van der Waals surface area contributed by atoms with E-state index in [1.807, 2.05) is 44.2 Å². The molecule has 1 atom stereocenters. The summed E-state index contributed by atoms with van der Waals surface area (Å²) in [5, 5.41) is 6.04. The molecule has 2 amide bonds. The van der Waals surface area contributed by atoms with Crippen molar-refractivity contribution in [1.29, 1.82) is 0 Å². The van der Waals surface area contributed by atoms with Gasteiger partial charge in [0.05, 0.1) is 12.5 Å². The summed E-state index contributed by atoms with van der Waals surface area (Å²) in [7, 11) is 0. The Morgan fingerprint density at radius 2 is 1.71 bits per heavy atom. The number of nitrogens with zero attached hydrogens (tertiary/aromatic N) is 1. The van der Waals surface area contributed by atoms with Crippen molar-refractivity contribution >= 4 is 23.2 Å². The fourth-order valence-corrected chi connectivity index (χ4v) is 3.94. The van der Waals surface area contributed by atoms with Crippen LogP contribution in [0.5, 0.6) is 0 Å². The van der Waals surface area contributed by atoms with Crippen molar-refractivity contribution in [2.24, 2.45) is 5.92 Å². The molecule has 2 aromatic rings. The second-order valence-electron chi connectivity index (χ2n) is 7.75. The number of para-hydroxylation sites is 1. The van der Waals surface area contributed by atoms with Crippen LogP contribution < -0.4 is 10.6 Å². The molecule has 0 spiro atoms. The first-order chi connectivity index (χ1) is 13.4. The minimum atomic E-state index is -0.0930. The van der Waals surface area contributed by atoms with Crippen LogP contribution in [0.3, 0.4) is 0 Å². The van der Waals surface area contributed by atoms with Crippen LogP contribution in [0.4, 0.5) is 11.4 Å².